The van der Waals surface area contributed by atoms with Crippen molar-refractivity contribution in [2.75, 3.05) is 0 Å². The maximum atomic E-state index is 7.46. The van der Waals surface area contributed by atoms with Crippen molar-refractivity contribution >= 4 is 18.4 Å². The Morgan fingerprint density at radius 2 is 1.25 bits per heavy atom. The van der Waals surface area contributed by atoms with Gasteiger partial charge < -0.3 is 5.73 Å². The standard InChI is InChI=1S/C15H15N5/c16-15(17)20(18-11-13-7-3-1-4-8-13)19-12-14-9-5-2-6-10-14/h1-12H,(H3,16,17)/b18-11+,19-12+. The molecule has 0 fully saturated rings. The lowest BCUT2D eigenvalue weighted by atomic mass is 10.2. The largest absolute Gasteiger partial charge is 0.367 e. The molecule has 0 atom stereocenters. The Balaban J connectivity index is 2.10. The molecule has 5 heteroatoms. The van der Waals surface area contributed by atoms with E-state index >= 15 is 0 Å². The van der Waals surface area contributed by atoms with Crippen LogP contribution in [0.3, 0.4) is 0 Å². The molecule has 0 heterocycles. The first-order valence-corrected chi connectivity index (χ1v) is 6.08. The normalized spacial score (nSPS) is 11.0. The van der Waals surface area contributed by atoms with Gasteiger partial charge in [0.25, 0.3) is 0 Å². The van der Waals surface area contributed by atoms with E-state index in [1.807, 2.05) is 60.7 Å². The number of guanidine groups is 1. The number of nitrogens with two attached hydrogens (primary N) is 1. The van der Waals surface area contributed by atoms with E-state index in [-0.39, 0.29) is 5.96 Å². The molecule has 3 N–H and O–H groups in total. The summed E-state index contributed by atoms with van der Waals surface area (Å²) in [6.45, 7) is 0. The first-order chi connectivity index (χ1) is 9.75. The third kappa shape index (κ3) is 4.06. The molecule has 2 aromatic rings. The second-order valence-corrected chi connectivity index (χ2v) is 3.99. The van der Waals surface area contributed by atoms with Gasteiger partial charge in [0.1, 0.15) is 0 Å². The molecule has 0 aliphatic carbocycles. The molecule has 0 saturated carbocycles. The third-order valence-corrected chi connectivity index (χ3v) is 2.45. The zero-order valence-electron chi connectivity index (χ0n) is 10.8. The van der Waals surface area contributed by atoms with Crippen LogP contribution in [0.1, 0.15) is 11.1 Å². The minimum absolute atomic E-state index is 0.246. The average Bonchev–Trinajstić information content (AvgIpc) is 2.49. The van der Waals surface area contributed by atoms with Gasteiger partial charge in [-0.1, -0.05) is 60.7 Å². The fourth-order valence-corrected chi connectivity index (χ4v) is 1.48. The predicted molar refractivity (Wildman–Crippen MR) is 81.8 cm³/mol. The van der Waals surface area contributed by atoms with Crippen LogP contribution in [-0.2, 0) is 0 Å². The van der Waals surface area contributed by atoms with Gasteiger partial charge in [0, 0.05) is 0 Å². The summed E-state index contributed by atoms with van der Waals surface area (Å²) in [4.78, 5) is 0. The summed E-state index contributed by atoms with van der Waals surface area (Å²) >= 11 is 0. The summed E-state index contributed by atoms with van der Waals surface area (Å²) in [5.41, 5.74) is 7.27. The highest BCUT2D eigenvalue weighted by atomic mass is 15.7. The van der Waals surface area contributed by atoms with Crippen molar-refractivity contribution in [3.05, 3.63) is 71.8 Å². The van der Waals surface area contributed by atoms with Gasteiger partial charge in [-0.3, -0.25) is 5.41 Å². The minimum Gasteiger partial charge on any atom is -0.367 e. The number of nitrogens with one attached hydrogen (secondary N) is 1. The van der Waals surface area contributed by atoms with E-state index in [2.05, 4.69) is 10.2 Å². The molecule has 5 nitrogen and oxygen atoms in total. The van der Waals surface area contributed by atoms with Crippen LogP contribution in [0.5, 0.6) is 0 Å². The molecule has 2 aromatic carbocycles. The van der Waals surface area contributed by atoms with E-state index < -0.39 is 0 Å². The fourth-order valence-electron chi connectivity index (χ4n) is 1.48. The van der Waals surface area contributed by atoms with Crippen molar-refractivity contribution in [3.63, 3.8) is 0 Å². The number of nitrogens with zero attached hydrogens (tertiary/aromatic N) is 3. The summed E-state index contributed by atoms with van der Waals surface area (Å²) in [6, 6.07) is 19.1. The molecule has 0 spiro atoms. The topological polar surface area (TPSA) is 77.8 Å². The van der Waals surface area contributed by atoms with Crippen LogP contribution in [0.2, 0.25) is 0 Å². The summed E-state index contributed by atoms with van der Waals surface area (Å²) < 4.78 is 0. The molecular formula is C15H15N5. The van der Waals surface area contributed by atoms with Gasteiger partial charge in [0.05, 0.1) is 12.4 Å². The van der Waals surface area contributed by atoms with Crippen molar-refractivity contribution in [1.82, 2.24) is 5.12 Å². The maximum absolute atomic E-state index is 7.46. The molecular weight excluding hydrogens is 250 g/mol. The maximum Gasteiger partial charge on any atom is 0.232 e. The van der Waals surface area contributed by atoms with Gasteiger partial charge in [-0.05, 0) is 11.1 Å². The highest BCUT2D eigenvalue weighted by molar-refractivity contribution is 5.84. The minimum atomic E-state index is -0.246. The van der Waals surface area contributed by atoms with Gasteiger partial charge in [-0.15, -0.1) is 5.12 Å². The Bertz CT molecular complexity index is 555. The number of hydrogen-bond acceptors (Lipinski definition) is 3. The molecule has 0 aliphatic heterocycles. The van der Waals surface area contributed by atoms with Crippen molar-refractivity contribution < 1.29 is 0 Å². The second-order valence-electron chi connectivity index (χ2n) is 3.99. The lowest BCUT2D eigenvalue weighted by Gasteiger charge is -2.09. The molecule has 0 radical (unpaired) electrons. The highest BCUT2D eigenvalue weighted by Gasteiger charge is 2.00. The van der Waals surface area contributed by atoms with Crippen LogP contribution in [0.4, 0.5) is 0 Å². The quantitative estimate of drug-likeness (QED) is 0.505. The molecule has 0 unspecified atom stereocenters. The second kappa shape index (κ2) is 6.84. The Hall–Kier alpha value is -2.95. The summed E-state index contributed by atoms with van der Waals surface area (Å²) in [7, 11) is 0. The van der Waals surface area contributed by atoms with Crippen LogP contribution < -0.4 is 5.73 Å². The number of rotatable bonds is 4. The zero-order chi connectivity index (χ0) is 14.2. The van der Waals surface area contributed by atoms with Crippen molar-refractivity contribution in [3.8, 4) is 0 Å². The van der Waals surface area contributed by atoms with E-state index in [1.165, 1.54) is 0 Å². The van der Waals surface area contributed by atoms with E-state index in [4.69, 9.17) is 11.1 Å². The molecule has 0 aliphatic rings. The highest BCUT2D eigenvalue weighted by Crippen LogP contribution is 1.98. The molecule has 0 saturated heterocycles. The van der Waals surface area contributed by atoms with Crippen LogP contribution in [0.15, 0.2) is 70.9 Å². The fraction of sp³-hybridized carbons (Fsp3) is 0. The van der Waals surface area contributed by atoms with Crippen LogP contribution in [0.25, 0.3) is 0 Å². The van der Waals surface area contributed by atoms with Gasteiger partial charge in [-0.2, -0.15) is 10.2 Å². The molecule has 20 heavy (non-hydrogen) atoms. The van der Waals surface area contributed by atoms with Crippen molar-refractivity contribution in [2.45, 2.75) is 0 Å². The predicted octanol–water partition coefficient (Wildman–Crippen LogP) is 2.25. The third-order valence-electron chi connectivity index (χ3n) is 2.45. The summed E-state index contributed by atoms with van der Waals surface area (Å²) in [5, 5.41) is 16.7. The number of hydrazone groups is 2. The first kappa shape index (κ1) is 13.5. The molecule has 2 rings (SSSR count). The number of hydrogen-bond donors (Lipinski definition) is 2. The van der Waals surface area contributed by atoms with Crippen LogP contribution in [-0.4, -0.2) is 23.5 Å². The van der Waals surface area contributed by atoms with E-state index in [0.717, 1.165) is 16.2 Å². The lowest BCUT2D eigenvalue weighted by molar-refractivity contribution is 0.472. The molecule has 100 valence electrons. The van der Waals surface area contributed by atoms with E-state index in [9.17, 15) is 0 Å². The van der Waals surface area contributed by atoms with E-state index in [0.29, 0.717) is 0 Å². The van der Waals surface area contributed by atoms with Gasteiger partial charge in [0.2, 0.25) is 5.96 Å². The Kier molecular flexibility index (Phi) is 4.61. The van der Waals surface area contributed by atoms with Crippen molar-refractivity contribution in [1.29, 1.82) is 5.41 Å². The van der Waals surface area contributed by atoms with Gasteiger partial charge >= 0.3 is 0 Å². The molecule has 0 amide bonds. The summed E-state index contributed by atoms with van der Waals surface area (Å²) in [5.74, 6) is -0.246. The van der Waals surface area contributed by atoms with Crippen molar-refractivity contribution in [2.24, 2.45) is 15.9 Å². The number of benzene rings is 2. The molecule has 0 bridgehead atoms. The van der Waals surface area contributed by atoms with Gasteiger partial charge in [0.15, 0.2) is 0 Å². The molecule has 0 aromatic heterocycles. The van der Waals surface area contributed by atoms with Crippen LogP contribution >= 0.6 is 0 Å². The smallest absolute Gasteiger partial charge is 0.232 e. The van der Waals surface area contributed by atoms with E-state index in [1.54, 1.807) is 12.4 Å². The van der Waals surface area contributed by atoms with Crippen LogP contribution in [0, 0.1) is 5.41 Å². The monoisotopic (exact) mass is 265 g/mol. The zero-order valence-corrected chi connectivity index (χ0v) is 10.8. The summed E-state index contributed by atoms with van der Waals surface area (Å²) in [6.07, 6.45) is 3.20. The Labute approximate surface area is 117 Å². The average molecular weight is 265 g/mol. The Morgan fingerprint density at radius 3 is 1.60 bits per heavy atom. The Morgan fingerprint density at radius 1 is 0.850 bits per heavy atom. The SMILES string of the molecule is N=C(N)N(/N=C/c1ccccc1)/N=C/c1ccccc1. The van der Waals surface area contributed by atoms with Gasteiger partial charge in [-0.25, -0.2) is 0 Å². The first-order valence-electron chi connectivity index (χ1n) is 6.08. The lowest BCUT2D eigenvalue weighted by Crippen LogP contribution is -2.27.